The molecule has 4 rings (SSSR count). The van der Waals surface area contributed by atoms with Crippen LogP contribution in [0.4, 0.5) is 0 Å². The smallest absolute Gasteiger partial charge is 0.193 e. The van der Waals surface area contributed by atoms with Gasteiger partial charge in [0.1, 0.15) is 5.76 Å². The second kappa shape index (κ2) is 12.7. The van der Waals surface area contributed by atoms with Crippen LogP contribution in [0.15, 0.2) is 45.3 Å². The molecule has 1 N–H and O–H groups in total. The number of aliphatic imine (C=N–C) groups is 1. The number of halogens is 1. The summed E-state index contributed by atoms with van der Waals surface area (Å²) in [6.07, 6.45) is 9.10. The molecule has 0 amide bonds. The summed E-state index contributed by atoms with van der Waals surface area (Å²) in [5, 5.41) is 5.76. The van der Waals surface area contributed by atoms with Crippen LogP contribution in [0.5, 0.6) is 0 Å². The Morgan fingerprint density at radius 1 is 1.13 bits per heavy atom. The van der Waals surface area contributed by atoms with Crippen LogP contribution >= 0.6 is 35.3 Å². The summed E-state index contributed by atoms with van der Waals surface area (Å²) in [4.78, 5) is 11.5. The van der Waals surface area contributed by atoms with E-state index in [4.69, 9.17) is 9.41 Å². The second-order valence-electron chi connectivity index (χ2n) is 8.25. The Balaban J connectivity index is 0.00000256. The van der Waals surface area contributed by atoms with Gasteiger partial charge in [0.15, 0.2) is 5.96 Å². The van der Waals surface area contributed by atoms with Crippen LogP contribution in [0.1, 0.15) is 36.3 Å². The average molecular weight is 543 g/mol. The third kappa shape index (κ3) is 7.27. The van der Waals surface area contributed by atoms with Gasteiger partial charge in [0.05, 0.1) is 6.26 Å². The first-order valence-electron chi connectivity index (χ1n) is 11.2. The van der Waals surface area contributed by atoms with Gasteiger partial charge in [-0.25, -0.2) is 0 Å². The van der Waals surface area contributed by atoms with Gasteiger partial charge in [-0.05, 0) is 61.8 Å². The third-order valence-corrected chi connectivity index (χ3v) is 6.92. The largest absolute Gasteiger partial charge is 0.469 e. The highest BCUT2D eigenvalue weighted by atomic mass is 127. The van der Waals surface area contributed by atoms with E-state index in [-0.39, 0.29) is 24.0 Å². The van der Waals surface area contributed by atoms with Crippen LogP contribution < -0.4 is 5.32 Å². The number of nitrogens with one attached hydrogen (secondary N) is 1. The van der Waals surface area contributed by atoms with Crippen molar-refractivity contribution in [1.29, 1.82) is 0 Å². The maximum Gasteiger partial charge on any atom is 0.193 e. The molecule has 0 aliphatic carbocycles. The third-order valence-electron chi connectivity index (χ3n) is 5.98. The Hall–Kier alpha value is -1.06. The zero-order chi connectivity index (χ0) is 19.7. The highest BCUT2D eigenvalue weighted by molar-refractivity contribution is 14.0. The van der Waals surface area contributed by atoms with Crippen LogP contribution in [0.3, 0.4) is 0 Å². The van der Waals surface area contributed by atoms with Crippen LogP contribution in [-0.4, -0.2) is 61.6 Å². The number of furan rings is 1. The predicted molar refractivity (Wildman–Crippen MR) is 136 cm³/mol. The van der Waals surface area contributed by atoms with Gasteiger partial charge in [0.2, 0.25) is 0 Å². The van der Waals surface area contributed by atoms with Gasteiger partial charge in [0, 0.05) is 50.4 Å². The quantitative estimate of drug-likeness (QED) is 0.303. The molecule has 2 aromatic heterocycles. The Labute approximate surface area is 201 Å². The number of piperidine rings is 1. The fourth-order valence-corrected chi connectivity index (χ4v) is 5.13. The van der Waals surface area contributed by atoms with Crippen molar-refractivity contribution in [3.05, 3.63) is 46.5 Å². The lowest BCUT2D eigenvalue weighted by atomic mass is 10.1. The molecule has 1 atom stereocenters. The Bertz CT molecular complexity index is 728. The van der Waals surface area contributed by atoms with E-state index in [1.807, 2.05) is 23.5 Å². The Morgan fingerprint density at radius 2 is 2.03 bits per heavy atom. The van der Waals surface area contributed by atoms with E-state index in [2.05, 4.69) is 32.6 Å². The Kier molecular flexibility index (Phi) is 10.00. The number of nitrogens with zero attached hydrogens (tertiary/aromatic N) is 3. The van der Waals surface area contributed by atoms with Crippen LogP contribution in [0, 0.1) is 5.92 Å². The second-order valence-corrected chi connectivity index (χ2v) is 9.29. The standard InChI is InChI=1S/C23H34N4OS.HI/c1-2-13-26(14-3-1)18-20-10-15-27(19-20)23(24-11-8-21-6-4-16-28-21)25-12-9-22-7-5-17-29-22;/h4-7,16-17,20H,1-3,8-15,18-19H2,(H,24,25);1H. The van der Waals surface area contributed by atoms with Gasteiger partial charge in [-0.1, -0.05) is 12.5 Å². The van der Waals surface area contributed by atoms with E-state index in [0.29, 0.717) is 0 Å². The van der Waals surface area contributed by atoms with E-state index in [9.17, 15) is 0 Å². The minimum atomic E-state index is 0. The van der Waals surface area contributed by atoms with Crippen LogP contribution in [0.2, 0.25) is 0 Å². The number of hydrogen-bond acceptors (Lipinski definition) is 4. The maximum absolute atomic E-state index is 5.47. The highest BCUT2D eigenvalue weighted by Gasteiger charge is 2.27. The number of likely N-dealkylation sites (tertiary alicyclic amines) is 2. The zero-order valence-corrected chi connectivity index (χ0v) is 20.9. The predicted octanol–water partition coefficient (Wildman–Crippen LogP) is 4.50. The van der Waals surface area contributed by atoms with Crippen LogP contribution in [0.25, 0.3) is 0 Å². The van der Waals surface area contributed by atoms with E-state index >= 15 is 0 Å². The minimum absolute atomic E-state index is 0. The summed E-state index contributed by atoms with van der Waals surface area (Å²) in [6.45, 7) is 7.78. The molecule has 5 nitrogen and oxygen atoms in total. The molecule has 2 aromatic rings. The molecule has 0 saturated carbocycles. The summed E-state index contributed by atoms with van der Waals surface area (Å²) >= 11 is 1.82. The van der Waals surface area contributed by atoms with Crippen molar-refractivity contribution in [2.24, 2.45) is 10.9 Å². The summed E-state index contributed by atoms with van der Waals surface area (Å²) < 4.78 is 5.47. The first-order chi connectivity index (χ1) is 14.4. The molecule has 0 bridgehead atoms. The maximum atomic E-state index is 5.47. The molecule has 4 heterocycles. The lowest BCUT2D eigenvalue weighted by Crippen LogP contribution is -2.42. The molecule has 2 saturated heterocycles. The minimum Gasteiger partial charge on any atom is -0.469 e. The molecule has 30 heavy (non-hydrogen) atoms. The molecule has 2 aliphatic heterocycles. The average Bonchev–Trinajstić information content (AvgIpc) is 3.51. The van der Waals surface area contributed by atoms with Crippen molar-refractivity contribution in [2.45, 2.75) is 38.5 Å². The molecule has 2 fully saturated rings. The van der Waals surface area contributed by atoms with E-state index in [1.54, 1.807) is 6.26 Å². The first-order valence-corrected chi connectivity index (χ1v) is 12.0. The summed E-state index contributed by atoms with van der Waals surface area (Å²) in [7, 11) is 0. The number of rotatable bonds is 8. The molecule has 1 unspecified atom stereocenters. The lowest BCUT2D eigenvalue weighted by Gasteiger charge is -2.29. The lowest BCUT2D eigenvalue weighted by molar-refractivity contribution is 0.198. The Morgan fingerprint density at radius 3 is 2.80 bits per heavy atom. The van der Waals surface area contributed by atoms with Crippen molar-refractivity contribution in [1.82, 2.24) is 15.1 Å². The molecular formula is C23H35IN4OS. The molecule has 0 spiro atoms. The fourth-order valence-electron chi connectivity index (χ4n) is 4.43. The molecular weight excluding hydrogens is 507 g/mol. The van der Waals surface area contributed by atoms with Crippen molar-refractivity contribution in [2.75, 3.05) is 45.8 Å². The SMILES string of the molecule is I.c1coc(CCNC(=NCCc2cccs2)N2CCC(CN3CCCCC3)C2)c1. The van der Waals surface area contributed by atoms with E-state index in [1.165, 1.54) is 50.2 Å². The van der Waals surface area contributed by atoms with Crippen molar-refractivity contribution >= 4 is 41.3 Å². The molecule has 0 radical (unpaired) electrons. The number of hydrogen-bond donors (Lipinski definition) is 1. The molecule has 0 aromatic carbocycles. The van der Waals surface area contributed by atoms with Crippen molar-refractivity contribution in [3.63, 3.8) is 0 Å². The van der Waals surface area contributed by atoms with Gasteiger partial charge in [0.25, 0.3) is 0 Å². The van der Waals surface area contributed by atoms with Gasteiger partial charge in [-0.15, -0.1) is 35.3 Å². The van der Waals surface area contributed by atoms with E-state index < -0.39 is 0 Å². The van der Waals surface area contributed by atoms with Crippen molar-refractivity contribution < 1.29 is 4.42 Å². The van der Waals surface area contributed by atoms with Gasteiger partial charge < -0.3 is 19.5 Å². The van der Waals surface area contributed by atoms with Gasteiger partial charge in [-0.2, -0.15) is 0 Å². The molecule has 166 valence electrons. The summed E-state index contributed by atoms with van der Waals surface area (Å²) in [6, 6.07) is 8.32. The molecule has 2 aliphatic rings. The number of guanidine groups is 1. The fraction of sp³-hybridized carbons (Fsp3) is 0.609. The van der Waals surface area contributed by atoms with E-state index in [0.717, 1.165) is 56.7 Å². The topological polar surface area (TPSA) is 44.0 Å². The zero-order valence-electron chi connectivity index (χ0n) is 17.8. The van der Waals surface area contributed by atoms with Gasteiger partial charge in [-0.3, -0.25) is 4.99 Å². The van der Waals surface area contributed by atoms with Crippen LogP contribution in [-0.2, 0) is 12.8 Å². The summed E-state index contributed by atoms with van der Waals surface area (Å²) in [5.41, 5.74) is 0. The monoisotopic (exact) mass is 542 g/mol. The van der Waals surface area contributed by atoms with Gasteiger partial charge >= 0.3 is 0 Å². The number of thiophene rings is 1. The summed E-state index contributed by atoms with van der Waals surface area (Å²) in [5.74, 6) is 2.87. The van der Waals surface area contributed by atoms with Crippen molar-refractivity contribution in [3.8, 4) is 0 Å². The first kappa shape index (κ1) is 23.6. The highest BCUT2D eigenvalue weighted by Crippen LogP contribution is 2.20. The molecule has 7 heteroatoms. The normalized spacial score (nSPS) is 20.3.